The fraction of sp³-hybridized carbons (Fsp3) is 0.200. The number of rotatable bonds is 0. The molecule has 0 spiro atoms. The highest BCUT2D eigenvalue weighted by molar-refractivity contribution is 5.45. The van der Waals surface area contributed by atoms with Crippen LogP contribution in [0.3, 0.4) is 0 Å². The van der Waals surface area contributed by atoms with Gasteiger partial charge in [0.25, 0.3) is 0 Å². The highest BCUT2D eigenvalue weighted by atomic mass is 16.3. The first-order valence-electron chi connectivity index (χ1n) is 3.87. The SMILES string of the molecule is C/C=c1/cccc(O)/c1=C(/C)N. The van der Waals surface area contributed by atoms with Gasteiger partial charge in [-0.05, 0) is 25.1 Å². The maximum atomic E-state index is 9.47. The molecule has 0 unspecified atom stereocenters. The van der Waals surface area contributed by atoms with E-state index in [9.17, 15) is 5.11 Å². The third-order valence-corrected chi connectivity index (χ3v) is 1.78. The molecule has 0 saturated carbocycles. The van der Waals surface area contributed by atoms with Crippen LogP contribution in [-0.4, -0.2) is 5.11 Å². The smallest absolute Gasteiger partial charge is 0.125 e. The van der Waals surface area contributed by atoms with Gasteiger partial charge in [-0.15, -0.1) is 0 Å². The van der Waals surface area contributed by atoms with Gasteiger partial charge in [-0.1, -0.05) is 18.2 Å². The summed E-state index contributed by atoms with van der Waals surface area (Å²) >= 11 is 0. The Bertz CT molecular complexity index is 389. The summed E-state index contributed by atoms with van der Waals surface area (Å²) in [4.78, 5) is 0. The van der Waals surface area contributed by atoms with Gasteiger partial charge in [-0.25, -0.2) is 0 Å². The van der Waals surface area contributed by atoms with Crippen molar-refractivity contribution in [2.45, 2.75) is 13.8 Å². The fourth-order valence-corrected chi connectivity index (χ4v) is 1.23. The highest BCUT2D eigenvalue weighted by Crippen LogP contribution is 1.95. The summed E-state index contributed by atoms with van der Waals surface area (Å²) in [6.07, 6.45) is 1.92. The van der Waals surface area contributed by atoms with Gasteiger partial charge >= 0.3 is 0 Å². The monoisotopic (exact) mass is 163 g/mol. The normalized spacial score (nSPS) is 14.7. The molecule has 0 radical (unpaired) electrons. The van der Waals surface area contributed by atoms with Crippen LogP contribution in [0.5, 0.6) is 5.75 Å². The number of aromatic hydroxyl groups is 1. The molecule has 2 nitrogen and oxygen atoms in total. The Labute approximate surface area is 71.6 Å². The van der Waals surface area contributed by atoms with E-state index in [1.54, 1.807) is 19.1 Å². The Morgan fingerprint density at radius 3 is 2.58 bits per heavy atom. The molecule has 12 heavy (non-hydrogen) atoms. The van der Waals surface area contributed by atoms with Gasteiger partial charge in [0.1, 0.15) is 5.75 Å². The molecule has 0 aliphatic carbocycles. The molecule has 1 rings (SSSR count). The lowest BCUT2D eigenvalue weighted by atomic mass is 10.2. The van der Waals surface area contributed by atoms with E-state index in [1.165, 1.54) is 0 Å². The number of hydrogen-bond acceptors (Lipinski definition) is 2. The zero-order valence-corrected chi connectivity index (χ0v) is 7.33. The molecule has 1 aromatic carbocycles. The molecular formula is C10H13NO. The minimum atomic E-state index is 0.241. The van der Waals surface area contributed by atoms with Crippen molar-refractivity contribution in [1.82, 2.24) is 0 Å². The maximum absolute atomic E-state index is 9.47. The minimum absolute atomic E-state index is 0.241. The minimum Gasteiger partial charge on any atom is -0.507 e. The van der Waals surface area contributed by atoms with Crippen molar-refractivity contribution in [3.63, 3.8) is 0 Å². The topological polar surface area (TPSA) is 46.2 Å². The van der Waals surface area contributed by atoms with Crippen LogP contribution in [0, 0.1) is 0 Å². The second-order valence-electron chi connectivity index (χ2n) is 2.71. The van der Waals surface area contributed by atoms with Crippen molar-refractivity contribution in [2.24, 2.45) is 5.73 Å². The standard InChI is InChI=1S/C10H13NO/c1-3-8-5-4-6-9(12)10(8)7(2)11/h3-6,12H,11H2,1-2H3/b8-3-,10-7-. The lowest BCUT2D eigenvalue weighted by Crippen LogP contribution is -2.28. The maximum Gasteiger partial charge on any atom is 0.125 e. The van der Waals surface area contributed by atoms with Crippen molar-refractivity contribution >= 4 is 11.8 Å². The second-order valence-corrected chi connectivity index (χ2v) is 2.71. The molecule has 0 aliphatic rings. The molecule has 0 heterocycles. The van der Waals surface area contributed by atoms with E-state index in [0.29, 0.717) is 5.70 Å². The molecule has 0 amide bonds. The summed E-state index contributed by atoms with van der Waals surface area (Å²) < 4.78 is 0. The van der Waals surface area contributed by atoms with E-state index < -0.39 is 0 Å². The van der Waals surface area contributed by atoms with Gasteiger partial charge in [0.15, 0.2) is 0 Å². The van der Waals surface area contributed by atoms with Gasteiger partial charge in [0.2, 0.25) is 0 Å². The van der Waals surface area contributed by atoms with Crippen LogP contribution in [-0.2, 0) is 0 Å². The number of nitrogens with two attached hydrogens (primary N) is 1. The van der Waals surface area contributed by atoms with Crippen molar-refractivity contribution in [3.05, 3.63) is 28.6 Å². The fourth-order valence-electron chi connectivity index (χ4n) is 1.23. The first kappa shape index (κ1) is 8.65. The highest BCUT2D eigenvalue weighted by Gasteiger charge is 1.93. The molecule has 0 aromatic heterocycles. The molecule has 0 fully saturated rings. The Balaban J connectivity index is 3.78. The summed E-state index contributed by atoms with van der Waals surface area (Å²) in [7, 11) is 0. The van der Waals surface area contributed by atoms with Gasteiger partial charge in [-0.2, -0.15) is 0 Å². The van der Waals surface area contributed by atoms with E-state index in [-0.39, 0.29) is 5.75 Å². The largest absolute Gasteiger partial charge is 0.507 e. The molecule has 1 aromatic rings. The Morgan fingerprint density at radius 1 is 1.50 bits per heavy atom. The van der Waals surface area contributed by atoms with E-state index >= 15 is 0 Å². The first-order valence-corrected chi connectivity index (χ1v) is 3.87. The molecule has 2 heteroatoms. The summed E-state index contributed by atoms with van der Waals surface area (Å²) in [6.45, 7) is 3.70. The molecule has 0 bridgehead atoms. The zero-order valence-electron chi connectivity index (χ0n) is 7.33. The quantitative estimate of drug-likeness (QED) is 0.577. The zero-order chi connectivity index (χ0) is 9.14. The summed E-state index contributed by atoms with van der Waals surface area (Å²) in [5, 5.41) is 11.2. The van der Waals surface area contributed by atoms with E-state index in [4.69, 9.17) is 5.73 Å². The van der Waals surface area contributed by atoms with Crippen molar-refractivity contribution in [3.8, 4) is 5.75 Å². The Kier molecular flexibility index (Phi) is 2.38. The van der Waals surface area contributed by atoms with Crippen LogP contribution in [0.4, 0.5) is 0 Å². The van der Waals surface area contributed by atoms with E-state index in [2.05, 4.69) is 0 Å². The third kappa shape index (κ3) is 1.42. The average Bonchev–Trinajstić information content (AvgIpc) is 2.03. The predicted octanol–water partition coefficient (Wildman–Crippen LogP) is 0.279. The van der Waals surface area contributed by atoms with E-state index in [1.807, 2.05) is 19.1 Å². The lowest BCUT2D eigenvalue weighted by Gasteiger charge is -1.97. The lowest BCUT2D eigenvalue weighted by molar-refractivity contribution is 0.470. The molecule has 64 valence electrons. The average molecular weight is 163 g/mol. The van der Waals surface area contributed by atoms with Gasteiger partial charge in [-0.3, -0.25) is 0 Å². The molecule has 0 saturated heterocycles. The summed E-state index contributed by atoms with van der Waals surface area (Å²) in [6, 6.07) is 5.36. The number of phenols is 1. The number of phenolic OH excluding ortho intramolecular Hbond substituents is 1. The number of benzene rings is 1. The van der Waals surface area contributed by atoms with Crippen molar-refractivity contribution in [2.75, 3.05) is 0 Å². The van der Waals surface area contributed by atoms with Crippen LogP contribution < -0.4 is 16.2 Å². The Morgan fingerprint density at radius 2 is 2.17 bits per heavy atom. The molecular weight excluding hydrogens is 150 g/mol. The van der Waals surface area contributed by atoms with E-state index in [0.717, 1.165) is 10.4 Å². The molecule has 0 atom stereocenters. The third-order valence-electron chi connectivity index (χ3n) is 1.78. The van der Waals surface area contributed by atoms with Crippen LogP contribution in [0.15, 0.2) is 18.2 Å². The van der Waals surface area contributed by atoms with Crippen molar-refractivity contribution in [1.29, 1.82) is 0 Å². The van der Waals surface area contributed by atoms with Gasteiger partial charge < -0.3 is 10.8 Å². The molecule has 0 aliphatic heterocycles. The summed E-state index contributed by atoms with van der Waals surface area (Å²) in [5.41, 5.74) is 6.27. The van der Waals surface area contributed by atoms with Gasteiger partial charge in [0, 0.05) is 10.9 Å². The van der Waals surface area contributed by atoms with Crippen LogP contribution in [0.2, 0.25) is 0 Å². The second kappa shape index (κ2) is 3.30. The van der Waals surface area contributed by atoms with Crippen LogP contribution in [0.1, 0.15) is 13.8 Å². The first-order chi connectivity index (χ1) is 5.66. The number of hydrogen-bond donors (Lipinski definition) is 2. The van der Waals surface area contributed by atoms with Crippen molar-refractivity contribution < 1.29 is 5.11 Å². The Hall–Kier alpha value is -1.44. The van der Waals surface area contributed by atoms with Crippen LogP contribution >= 0.6 is 0 Å². The predicted molar refractivity (Wildman–Crippen MR) is 50.8 cm³/mol. The van der Waals surface area contributed by atoms with Gasteiger partial charge in [0.05, 0.1) is 0 Å². The van der Waals surface area contributed by atoms with Crippen LogP contribution in [0.25, 0.3) is 11.8 Å². The molecule has 3 N–H and O–H groups in total. The summed E-state index contributed by atoms with van der Waals surface area (Å²) in [5.74, 6) is 0.241.